The zero-order valence-electron chi connectivity index (χ0n) is 16.7. The van der Waals surface area contributed by atoms with Crippen LogP contribution in [0.4, 0.5) is 8.78 Å². The minimum Gasteiger partial charge on any atom is -0.205 e. The first-order valence-corrected chi connectivity index (χ1v) is 10.6. The summed E-state index contributed by atoms with van der Waals surface area (Å²) >= 11 is 0. The van der Waals surface area contributed by atoms with Crippen LogP contribution in [0.15, 0.2) is 36.4 Å². The van der Waals surface area contributed by atoms with E-state index in [0.717, 1.165) is 23.8 Å². The summed E-state index contributed by atoms with van der Waals surface area (Å²) in [5, 5.41) is 8.79. The van der Waals surface area contributed by atoms with E-state index >= 15 is 0 Å². The molecule has 0 N–H and O–H groups in total. The Bertz CT molecular complexity index is 788. The summed E-state index contributed by atoms with van der Waals surface area (Å²) in [6.07, 6.45) is 11.8. The van der Waals surface area contributed by atoms with Crippen molar-refractivity contribution in [3.05, 3.63) is 59.2 Å². The van der Waals surface area contributed by atoms with Crippen molar-refractivity contribution in [1.29, 1.82) is 5.26 Å². The van der Waals surface area contributed by atoms with Gasteiger partial charge < -0.3 is 0 Å². The van der Waals surface area contributed by atoms with Gasteiger partial charge in [-0.1, -0.05) is 76.1 Å². The van der Waals surface area contributed by atoms with E-state index in [2.05, 4.69) is 19.1 Å². The molecule has 0 heterocycles. The summed E-state index contributed by atoms with van der Waals surface area (Å²) in [6.45, 7) is 2.27. The molecule has 28 heavy (non-hydrogen) atoms. The van der Waals surface area contributed by atoms with Crippen molar-refractivity contribution in [3.63, 3.8) is 0 Å². The van der Waals surface area contributed by atoms with E-state index < -0.39 is 17.2 Å². The topological polar surface area (TPSA) is 23.8 Å². The minimum absolute atomic E-state index is 0.464. The first kappa shape index (κ1) is 20.5. The van der Waals surface area contributed by atoms with E-state index in [1.54, 1.807) is 6.07 Å². The molecule has 0 bridgehead atoms. The van der Waals surface area contributed by atoms with Crippen molar-refractivity contribution in [2.45, 2.75) is 64.7 Å². The van der Waals surface area contributed by atoms with Gasteiger partial charge in [0.25, 0.3) is 0 Å². The van der Waals surface area contributed by atoms with Crippen LogP contribution in [0.3, 0.4) is 0 Å². The van der Waals surface area contributed by atoms with Crippen LogP contribution >= 0.6 is 0 Å². The highest BCUT2D eigenvalue weighted by molar-refractivity contribution is 5.65. The lowest BCUT2D eigenvalue weighted by Gasteiger charge is -2.28. The molecule has 0 aliphatic heterocycles. The molecular weight excluding hydrogens is 352 g/mol. The van der Waals surface area contributed by atoms with Gasteiger partial charge in [0.2, 0.25) is 0 Å². The van der Waals surface area contributed by atoms with E-state index in [1.165, 1.54) is 69.1 Å². The number of unbranched alkanes of at least 4 members (excludes halogenated alkanes) is 1. The fraction of sp³-hybridized carbons (Fsp3) is 0.480. The van der Waals surface area contributed by atoms with Crippen molar-refractivity contribution >= 4 is 0 Å². The molecule has 3 rings (SSSR count). The first-order chi connectivity index (χ1) is 13.6. The van der Waals surface area contributed by atoms with Crippen molar-refractivity contribution in [3.8, 4) is 17.2 Å². The van der Waals surface area contributed by atoms with Gasteiger partial charge in [0.1, 0.15) is 23.3 Å². The molecule has 148 valence electrons. The quantitative estimate of drug-likeness (QED) is 0.489. The third-order valence-electron chi connectivity index (χ3n) is 6.21. The zero-order valence-corrected chi connectivity index (χ0v) is 16.7. The van der Waals surface area contributed by atoms with Gasteiger partial charge >= 0.3 is 0 Å². The maximum absolute atomic E-state index is 13.8. The largest absolute Gasteiger partial charge is 0.205 e. The molecule has 0 radical (unpaired) electrons. The third-order valence-corrected chi connectivity index (χ3v) is 6.21. The summed E-state index contributed by atoms with van der Waals surface area (Å²) in [7, 11) is 0. The Morgan fingerprint density at radius 1 is 0.893 bits per heavy atom. The van der Waals surface area contributed by atoms with Gasteiger partial charge in [-0.05, 0) is 53.5 Å². The lowest BCUT2D eigenvalue weighted by Crippen LogP contribution is -2.15. The molecule has 0 saturated heterocycles. The second-order valence-corrected chi connectivity index (χ2v) is 8.19. The van der Waals surface area contributed by atoms with Crippen molar-refractivity contribution in [2.24, 2.45) is 11.8 Å². The summed E-state index contributed by atoms with van der Waals surface area (Å²) in [4.78, 5) is 0. The molecule has 1 nitrogen and oxygen atoms in total. The number of aryl methyl sites for hydroxylation is 1. The van der Waals surface area contributed by atoms with E-state index in [9.17, 15) is 8.78 Å². The Balaban J connectivity index is 1.54. The Morgan fingerprint density at radius 2 is 1.46 bits per heavy atom. The zero-order chi connectivity index (χ0) is 19.9. The average molecular weight is 382 g/mol. The average Bonchev–Trinajstić information content (AvgIpc) is 2.71. The Labute approximate surface area is 167 Å². The van der Waals surface area contributed by atoms with Gasteiger partial charge in [-0.2, -0.15) is 5.26 Å². The van der Waals surface area contributed by atoms with E-state index in [4.69, 9.17) is 5.26 Å². The van der Waals surface area contributed by atoms with Crippen LogP contribution in [-0.4, -0.2) is 0 Å². The number of rotatable bonds is 7. The van der Waals surface area contributed by atoms with Crippen molar-refractivity contribution < 1.29 is 8.78 Å². The van der Waals surface area contributed by atoms with Gasteiger partial charge in [-0.15, -0.1) is 0 Å². The number of hydrogen-bond acceptors (Lipinski definition) is 1. The molecule has 0 atom stereocenters. The summed E-state index contributed by atoms with van der Waals surface area (Å²) in [6, 6.07) is 12.0. The molecule has 2 aromatic carbocycles. The van der Waals surface area contributed by atoms with Gasteiger partial charge in [-0.3, -0.25) is 0 Å². The molecule has 1 aliphatic rings. The number of nitrogens with zero attached hydrogens (tertiary/aromatic N) is 1. The highest BCUT2D eigenvalue weighted by atomic mass is 19.1. The fourth-order valence-corrected chi connectivity index (χ4v) is 4.38. The van der Waals surface area contributed by atoms with Crippen LogP contribution < -0.4 is 0 Å². The SMILES string of the molecule is CCCCC1CCC(CCc2ccc(-c3cc(F)c(C#N)c(F)c3)cc2)CC1. The van der Waals surface area contributed by atoms with Crippen LogP contribution in [-0.2, 0) is 6.42 Å². The number of benzene rings is 2. The summed E-state index contributed by atoms with van der Waals surface area (Å²) < 4.78 is 27.7. The molecule has 0 unspecified atom stereocenters. The second-order valence-electron chi connectivity index (χ2n) is 8.19. The maximum Gasteiger partial charge on any atom is 0.144 e. The fourth-order valence-electron chi connectivity index (χ4n) is 4.38. The standard InChI is InChI=1S/C25H29F2N/c1-2-3-4-18-5-7-19(8-6-18)9-10-20-11-13-21(14-12-20)22-15-24(26)23(17-28)25(27)16-22/h11-16,18-19H,2-10H2,1H3. The lowest BCUT2D eigenvalue weighted by atomic mass is 9.78. The van der Waals surface area contributed by atoms with Gasteiger partial charge in [0.05, 0.1) is 0 Å². The van der Waals surface area contributed by atoms with E-state index in [-0.39, 0.29) is 0 Å². The normalized spacial score (nSPS) is 19.4. The molecule has 0 aromatic heterocycles. The van der Waals surface area contributed by atoms with Crippen molar-refractivity contribution in [2.75, 3.05) is 0 Å². The first-order valence-electron chi connectivity index (χ1n) is 10.6. The van der Waals surface area contributed by atoms with Gasteiger partial charge in [0, 0.05) is 0 Å². The second kappa shape index (κ2) is 9.82. The molecule has 3 heteroatoms. The Hall–Kier alpha value is -2.21. The lowest BCUT2D eigenvalue weighted by molar-refractivity contribution is 0.250. The molecule has 0 spiro atoms. The third kappa shape index (κ3) is 5.19. The predicted octanol–water partition coefficient (Wildman–Crippen LogP) is 7.43. The van der Waals surface area contributed by atoms with Crippen LogP contribution in [0.5, 0.6) is 0 Å². The smallest absolute Gasteiger partial charge is 0.144 e. The number of halogens is 2. The Morgan fingerprint density at radius 3 is 2.00 bits per heavy atom. The molecule has 1 aliphatic carbocycles. The highest BCUT2D eigenvalue weighted by Gasteiger charge is 2.20. The minimum atomic E-state index is -0.809. The van der Waals surface area contributed by atoms with Crippen LogP contribution in [0.25, 0.3) is 11.1 Å². The number of nitriles is 1. The van der Waals surface area contributed by atoms with Crippen molar-refractivity contribution in [1.82, 2.24) is 0 Å². The molecule has 1 fully saturated rings. The van der Waals surface area contributed by atoms with Crippen LogP contribution in [0.2, 0.25) is 0 Å². The molecule has 2 aromatic rings. The van der Waals surface area contributed by atoms with Crippen LogP contribution in [0, 0.1) is 34.8 Å². The maximum atomic E-state index is 13.8. The summed E-state index contributed by atoms with van der Waals surface area (Å²) in [5.41, 5.74) is 1.98. The number of hydrogen-bond donors (Lipinski definition) is 0. The van der Waals surface area contributed by atoms with E-state index in [0.29, 0.717) is 5.56 Å². The molecular formula is C25H29F2N. The van der Waals surface area contributed by atoms with E-state index in [1.807, 2.05) is 12.1 Å². The molecule has 0 amide bonds. The summed E-state index contributed by atoms with van der Waals surface area (Å²) in [5.74, 6) is 0.162. The molecule has 1 saturated carbocycles. The van der Waals surface area contributed by atoms with Gasteiger partial charge in [0.15, 0.2) is 0 Å². The Kier molecular flexibility index (Phi) is 7.20. The highest BCUT2D eigenvalue weighted by Crippen LogP contribution is 2.34. The monoisotopic (exact) mass is 381 g/mol. The predicted molar refractivity (Wildman–Crippen MR) is 110 cm³/mol. The van der Waals surface area contributed by atoms with Crippen LogP contribution in [0.1, 0.15) is 69.4 Å². The van der Waals surface area contributed by atoms with Gasteiger partial charge in [-0.25, -0.2) is 8.78 Å².